The molecule has 25 heavy (non-hydrogen) atoms. The standard InChI is InChI=1S/C20H22ClN3O/c1-14(2)24-12-16(10-22-13-24)7-15-8-19(20(25-3)23-11-15)17-5-4-6-18(21)9-17/h4-6,8-12,14H,7,13H2,1-3H3. The summed E-state index contributed by atoms with van der Waals surface area (Å²) in [4.78, 5) is 11.2. The molecule has 1 aromatic heterocycles. The highest BCUT2D eigenvalue weighted by Gasteiger charge is 2.13. The molecular formula is C20H22ClN3O. The molecular weight excluding hydrogens is 334 g/mol. The quantitative estimate of drug-likeness (QED) is 0.787. The third kappa shape index (κ3) is 4.20. The van der Waals surface area contributed by atoms with E-state index >= 15 is 0 Å². The number of hydrogen-bond acceptors (Lipinski definition) is 4. The topological polar surface area (TPSA) is 37.7 Å². The Morgan fingerprint density at radius 1 is 1.28 bits per heavy atom. The maximum Gasteiger partial charge on any atom is 0.221 e. The second kappa shape index (κ2) is 7.70. The van der Waals surface area contributed by atoms with Gasteiger partial charge in [-0.25, -0.2) is 4.98 Å². The van der Waals surface area contributed by atoms with E-state index in [4.69, 9.17) is 16.3 Å². The Balaban J connectivity index is 1.91. The van der Waals surface area contributed by atoms with Crippen LogP contribution in [0.1, 0.15) is 19.4 Å². The highest BCUT2D eigenvalue weighted by atomic mass is 35.5. The fourth-order valence-electron chi connectivity index (χ4n) is 2.80. The predicted octanol–water partition coefficient (Wildman–Crippen LogP) is 4.59. The summed E-state index contributed by atoms with van der Waals surface area (Å²) in [7, 11) is 1.63. The van der Waals surface area contributed by atoms with Crippen molar-refractivity contribution in [3.63, 3.8) is 0 Å². The van der Waals surface area contributed by atoms with Gasteiger partial charge in [-0.1, -0.05) is 23.7 Å². The van der Waals surface area contributed by atoms with E-state index in [0.717, 1.165) is 29.8 Å². The first-order valence-corrected chi connectivity index (χ1v) is 8.69. The maximum absolute atomic E-state index is 6.14. The maximum atomic E-state index is 6.14. The zero-order valence-electron chi connectivity index (χ0n) is 14.7. The zero-order valence-corrected chi connectivity index (χ0v) is 15.5. The number of rotatable bonds is 5. The number of nitrogens with zero attached hydrogens (tertiary/aromatic N) is 3. The Morgan fingerprint density at radius 3 is 2.84 bits per heavy atom. The Hall–Kier alpha value is -2.33. The number of ether oxygens (including phenoxy) is 1. The van der Waals surface area contributed by atoms with Crippen molar-refractivity contribution in [3.8, 4) is 17.0 Å². The van der Waals surface area contributed by atoms with Gasteiger partial charge < -0.3 is 9.64 Å². The number of benzene rings is 1. The van der Waals surface area contributed by atoms with E-state index in [9.17, 15) is 0 Å². The number of halogens is 1. The molecule has 0 saturated heterocycles. The van der Waals surface area contributed by atoms with Gasteiger partial charge in [0.05, 0.1) is 7.11 Å². The molecule has 130 valence electrons. The normalized spacial score (nSPS) is 14.0. The van der Waals surface area contributed by atoms with Crippen molar-refractivity contribution in [1.82, 2.24) is 9.88 Å². The molecule has 1 aromatic carbocycles. The summed E-state index contributed by atoms with van der Waals surface area (Å²) in [5.74, 6) is 0.598. The van der Waals surface area contributed by atoms with Gasteiger partial charge in [0.15, 0.2) is 0 Å². The van der Waals surface area contributed by atoms with Crippen LogP contribution in [0.25, 0.3) is 11.1 Å². The fraction of sp³-hybridized carbons (Fsp3) is 0.300. The molecule has 0 fully saturated rings. The molecule has 2 aromatic rings. The Bertz CT molecular complexity index is 814. The number of methoxy groups -OCH3 is 1. The molecule has 0 atom stereocenters. The summed E-state index contributed by atoms with van der Waals surface area (Å²) in [6.45, 7) is 5.05. The van der Waals surface area contributed by atoms with Gasteiger partial charge in [0.25, 0.3) is 0 Å². The molecule has 2 heterocycles. The first-order chi connectivity index (χ1) is 12.1. The molecule has 0 aliphatic carbocycles. The summed E-state index contributed by atoms with van der Waals surface area (Å²) < 4.78 is 5.43. The second-order valence-electron chi connectivity index (χ2n) is 6.35. The summed E-state index contributed by atoms with van der Waals surface area (Å²) in [5, 5.41) is 0.694. The van der Waals surface area contributed by atoms with Crippen LogP contribution in [0.15, 0.2) is 53.3 Å². The van der Waals surface area contributed by atoms with Crippen LogP contribution in [0.2, 0.25) is 5.02 Å². The zero-order chi connectivity index (χ0) is 17.8. The first kappa shape index (κ1) is 17.5. The van der Waals surface area contributed by atoms with Gasteiger partial charge in [0, 0.05) is 41.7 Å². The lowest BCUT2D eigenvalue weighted by atomic mass is 10.0. The van der Waals surface area contributed by atoms with Crippen LogP contribution in [0, 0.1) is 0 Å². The van der Waals surface area contributed by atoms with Crippen LogP contribution < -0.4 is 4.74 Å². The van der Waals surface area contributed by atoms with E-state index in [1.54, 1.807) is 7.11 Å². The van der Waals surface area contributed by atoms with Crippen molar-refractivity contribution >= 4 is 17.8 Å². The predicted molar refractivity (Wildman–Crippen MR) is 103 cm³/mol. The Labute approximate surface area is 153 Å². The van der Waals surface area contributed by atoms with Crippen molar-refractivity contribution in [3.05, 3.63) is 58.9 Å². The molecule has 0 saturated carbocycles. The molecule has 0 radical (unpaired) electrons. The molecule has 1 aliphatic heterocycles. The molecule has 0 amide bonds. The van der Waals surface area contributed by atoms with E-state index in [-0.39, 0.29) is 0 Å². The minimum absolute atomic E-state index is 0.434. The monoisotopic (exact) mass is 355 g/mol. The summed E-state index contributed by atoms with van der Waals surface area (Å²) in [5.41, 5.74) is 4.22. The lowest BCUT2D eigenvalue weighted by molar-refractivity contribution is 0.316. The van der Waals surface area contributed by atoms with Crippen molar-refractivity contribution in [2.75, 3.05) is 13.8 Å². The highest BCUT2D eigenvalue weighted by Crippen LogP contribution is 2.31. The molecule has 4 nitrogen and oxygen atoms in total. The van der Waals surface area contributed by atoms with Gasteiger partial charge in [-0.2, -0.15) is 0 Å². The van der Waals surface area contributed by atoms with Crippen molar-refractivity contribution in [1.29, 1.82) is 0 Å². The van der Waals surface area contributed by atoms with Gasteiger partial charge >= 0.3 is 0 Å². The first-order valence-electron chi connectivity index (χ1n) is 8.32. The average molecular weight is 356 g/mol. The third-order valence-electron chi connectivity index (χ3n) is 4.14. The van der Waals surface area contributed by atoms with Gasteiger partial charge in [0.1, 0.15) is 6.67 Å². The molecule has 5 heteroatoms. The van der Waals surface area contributed by atoms with E-state index in [2.05, 4.69) is 41.0 Å². The number of hydrogen-bond donors (Lipinski definition) is 0. The highest BCUT2D eigenvalue weighted by molar-refractivity contribution is 6.30. The van der Waals surface area contributed by atoms with Gasteiger partial charge in [-0.3, -0.25) is 4.99 Å². The molecule has 1 aliphatic rings. The van der Waals surface area contributed by atoms with E-state index in [0.29, 0.717) is 16.9 Å². The van der Waals surface area contributed by atoms with Crippen molar-refractivity contribution in [2.45, 2.75) is 26.3 Å². The van der Waals surface area contributed by atoms with Crippen molar-refractivity contribution in [2.24, 2.45) is 4.99 Å². The number of aliphatic imine (C=N–C) groups is 1. The Morgan fingerprint density at radius 2 is 2.12 bits per heavy atom. The minimum atomic E-state index is 0.434. The Kier molecular flexibility index (Phi) is 5.39. The lowest BCUT2D eigenvalue weighted by Crippen LogP contribution is -2.28. The van der Waals surface area contributed by atoms with Gasteiger partial charge in [0.2, 0.25) is 5.88 Å². The molecule has 0 spiro atoms. The minimum Gasteiger partial charge on any atom is -0.481 e. The van der Waals surface area contributed by atoms with Crippen molar-refractivity contribution < 1.29 is 4.74 Å². The summed E-state index contributed by atoms with van der Waals surface area (Å²) in [6.07, 6.45) is 6.76. The lowest BCUT2D eigenvalue weighted by Gasteiger charge is -2.26. The SMILES string of the molecule is COc1ncc(CC2=CN(C(C)C)CN=C2)cc1-c1cccc(Cl)c1. The second-order valence-corrected chi connectivity index (χ2v) is 6.79. The van der Waals surface area contributed by atoms with Crippen LogP contribution in [-0.4, -0.2) is 35.9 Å². The van der Waals surface area contributed by atoms with Gasteiger partial charge in [-0.15, -0.1) is 0 Å². The van der Waals surface area contributed by atoms with E-state index in [1.807, 2.05) is 36.7 Å². The summed E-state index contributed by atoms with van der Waals surface area (Å²) in [6, 6.07) is 10.3. The fourth-order valence-corrected chi connectivity index (χ4v) is 2.99. The number of pyridine rings is 1. The number of aromatic nitrogens is 1. The van der Waals surface area contributed by atoms with E-state index in [1.165, 1.54) is 5.57 Å². The van der Waals surface area contributed by atoms with Gasteiger partial charge in [-0.05, 0) is 48.7 Å². The van der Waals surface area contributed by atoms with E-state index < -0.39 is 0 Å². The van der Waals surface area contributed by atoms with Crippen LogP contribution in [-0.2, 0) is 6.42 Å². The van der Waals surface area contributed by atoms with Crippen LogP contribution >= 0.6 is 11.6 Å². The molecule has 0 unspecified atom stereocenters. The third-order valence-corrected chi connectivity index (χ3v) is 4.38. The number of allylic oxidation sites excluding steroid dienone is 1. The molecule has 0 bridgehead atoms. The van der Waals surface area contributed by atoms with Crippen LogP contribution in [0.5, 0.6) is 5.88 Å². The van der Waals surface area contributed by atoms with Crippen LogP contribution in [0.4, 0.5) is 0 Å². The smallest absolute Gasteiger partial charge is 0.221 e. The largest absolute Gasteiger partial charge is 0.481 e. The summed E-state index contributed by atoms with van der Waals surface area (Å²) >= 11 is 6.14. The molecule has 3 rings (SSSR count). The molecule has 0 N–H and O–H groups in total. The van der Waals surface area contributed by atoms with Crippen LogP contribution in [0.3, 0.4) is 0 Å². The average Bonchev–Trinajstić information content (AvgIpc) is 2.62.